The summed E-state index contributed by atoms with van der Waals surface area (Å²) in [6, 6.07) is 20.4. The van der Waals surface area contributed by atoms with Gasteiger partial charge in [-0.2, -0.15) is 12.5 Å². The summed E-state index contributed by atoms with van der Waals surface area (Å²) in [5.41, 5.74) is 9.29. The first kappa shape index (κ1) is 42.3. The van der Waals surface area contributed by atoms with Gasteiger partial charge in [-0.1, -0.05) is 123 Å². The van der Waals surface area contributed by atoms with Gasteiger partial charge in [0.2, 0.25) is 0 Å². The zero-order valence-electron chi connectivity index (χ0n) is 33.2. The Morgan fingerprint density at radius 1 is 0.843 bits per heavy atom. The van der Waals surface area contributed by atoms with Gasteiger partial charge in [-0.3, -0.25) is 4.79 Å². The third kappa shape index (κ3) is 8.59. The van der Waals surface area contributed by atoms with E-state index in [0.29, 0.717) is 5.92 Å². The van der Waals surface area contributed by atoms with Gasteiger partial charge in [-0.25, -0.2) is 0 Å². The number of ketones is 1. The molecule has 0 aliphatic carbocycles. The first-order valence-electron chi connectivity index (χ1n) is 18.9. The Morgan fingerprint density at radius 3 is 1.96 bits per heavy atom. The first-order valence-corrected chi connectivity index (χ1v) is 21.9. The molecule has 1 aliphatic rings. The van der Waals surface area contributed by atoms with E-state index in [1.54, 1.807) is 5.19 Å². The predicted octanol–water partition coefficient (Wildman–Crippen LogP) is 10.8. The van der Waals surface area contributed by atoms with E-state index in [1.807, 2.05) is 27.7 Å². The maximum absolute atomic E-state index is 11.7. The molecule has 0 saturated heterocycles. The Bertz CT molecular complexity index is 1870. The molecule has 1 aliphatic heterocycles. The van der Waals surface area contributed by atoms with Crippen molar-refractivity contribution in [1.29, 1.82) is 0 Å². The molecule has 0 bridgehead atoms. The van der Waals surface area contributed by atoms with Gasteiger partial charge in [-0.15, -0.1) is 23.1 Å². The number of benzene rings is 3. The van der Waals surface area contributed by atoms with Gasteiger partial charge in [-0.05, 0) is 76.6 Å². The zero-order chi connectivity index (χ0) is 37.1. The van der Waals surface area contributed by atoms with Crippen molar-refractivity contribution in [2.24, 2.45) is 17.8 Å². The topological polar surface area (TPSA) is 41.2 Å². The number of nitrogens with zero attached hydrogens (tertiary/aromatic N) is 1. The summed E-state index contributed by atoms with van der Waals surface area (Å²) in [6.07, 6.45) is 8.18. The summed E-state index contributed by atoms with van der Waals surface area (Å²) in [7, 11) is 2.50. The Morgan fingerprint density at radius 2 is 1.41 bits per heavy atom. The number of hydrogen-bond acceptors (Lipinski definition) is 2. The average Bonchev–Trinajstić information content (AvgIpc) is 3.29. The number of aromatic nitrogens is 1. The molecule has 0 amide bonds. The number of aliphatic hydroxyl groups is 1. The molecule has 1 N–H and O–H groups in total. The molecule has 4 aromatic rings. The molecular formula is C46H62IrNO2Si-. The molecule has 0 fully saturated rings. The van der Waals surface area contributed by atoms with Crippen LogP contribution in [-0.4, -0.2) is 19.0 Å². The summed E-state index contributed by atoms with van der Waals surface area (Å²) in [6.45, 7) is 29.3. The van der Waals surface area contributed by atoms with Crippen LogP contribution in [0.4, 0.5) is 0 Å². The van der Waals surface area contributed by atoms with Crippen LogP contribution in [0.5, 0.6) is 0 Å². The fourth-order valence-corrected chi connectivity index (χ4v) is 12.0. The molecule has 0 atom stereocenters. The third-order valence-corrected chi connectivity index (χ3v) is 14.4. The molecule has 1 aromatic heterocycles. The number of allylic oxidation sites excluding steroid dienone is 2. The van der Waals surface area contributed by atoms with Crippen molar-refractivity contribution < 1.29 is 34.6 Å². The van der Waals surface area contributed by atoms with Crippen molar-refractivity contribution in [2.75, 3.05) is 0 Å². The van der Waals surface area contributed by atoms with E-state index in [2.05, 4.69) is 127 Å². The van der Waals surface area contributed by atoms with Crippen LogP contribution in [0.15, 0.2) is 72.6 Å². The maximum atomic E-state index is 11.7. The minimum Gasteiger partial charge on any atom is -0.512 e. The maximum Gasteiger partial charge on any atom is 0.162 e. The average molecular weight is 881 g/mol. The van der Waals surface area contributed by atoms with Gasteiger partial charge in [0.1, 0.15) is 8.07 Å². The van der Waals surface area contributed by atoms with Crippen LogP contribution in [0.2, 0.25) is 13.1 Å². The van der Waals surface area contributed by atoms with Crippen LogP contribution in [0, 0.1) is 31.7 Å². The minimum atomic E-state index is -1.99. The molecule has 51 heavy (non-hydrogen) atoms. The fraction of sp³-hybridized carbons (Fsp3) is 0.435. The van der Waals surface area contributed by atoms with Crippen molar-refractivity contribution in [2.45, 2.75) is 113 Å². The van der Waals surface area contributed by atoms with Gasteiger partial charge in [0.15, 0.2) is 5.78 Å². The van der Waals surface area contributed by atoms with Crippen LogP contribution >= 0.6 is 0 Å². The van der Waals surface area contributed by atoms with Crippen LogP contribution in [0.3, 0.4) is 0 Å². The second-order valence-electron chi connectivity index (χ2n) is 16.2. The number of hydrogen-bond donors (Lipinski definition) is 1. The molecule has 0 saturated carbocycles. The monoisotopic (exact) mass is 881 g/mol. The Labute approximate surface area is 324 Å². The largest absolute Gasteiger partial charge is 0.512 e. The summed E-state index contributed by atoms with van der Waals surface area (Å²) in [5, 5.41) is 15.4. The van der Waals surface area contributed by atoms with E-state index in [1.165, 1.54) is 55.5 Å². The quantitative estimate of drug-likeness (QED) is 0.0567. The second kappa shape index (κ2) is 17.1. The molecule has 0 spiro atoms. The summed E-state index contributed by atoms with van der Waals surface area (Å²) >= 11 is 0. The van der Waals surface area contributed by atoms with Crippen molar-refractivity contribution in [3.8, 4) is 22.4 Å². The van der Waals surface area contributed by atoms with E-state index in [9.17, 15) is 9.90 Å². The molecule has 5 rings (SSSR count). The molecular weight excluding hydrogens is 819 g/mol. The van der Waals surface area contributed by atoms with E-state index in [0.717, 1.165) is 37.7 Å². The molecule has 1 radical (unpaired) electrons. The second-order valence-corrected chi connectivity index (χ2v) is 20.5. The number of carbonyl (C=O) groups is 1. The van der Waals surface area contributed by atoms with Crippen LogP contribution in [0.25, 0.3) is 33.2 Å². The van der Waals surface area contributed by atoms with Crippen molar-refractivity contribution in [1.82, 2.24) is 0 Å². The SMILES string of the molecule is CCC(CC)C(=O)/C=C(\O)C(CC)CC.[CH2-]c1c(-c2c3c(cc[n+]2[CH2-])-c2cccc(CC(C)C)c2[Si]3(C)C)cc(C(C)(C)C)c2ccccc12.[Ir]. The fourth-order valence-electron chi connectivity index (χ4n) is 8.08. The van der Waals surface area contributed by atoms with E-state index < -0.39 is 8.07 Å². The number of aliphatic hydroxyl groups excluding tert-OH is 1. The van der Waals surface area contributed by atoms with E-state index >= 15 is 0 Å². The number of pyridine rings is 1. The van der Waals surface area contributed by atoms with Crippen LogP contribution < -0.4 is 14.9 Å². The Kier molecular flexibility index (Phi) is 14.2. The number of carbonyl (C=O) groups excluding carboxylic acids is 1. The van der Waals surface area contributed by atoms with Gasteiger partial charge in [0.25, 0.3) is 0 Å². The smallest absolute Gasteiger partial charge is 0.162 e. The first-order chi connectivity index (χ1) is 23.5. The third-order valence-electron chi connectivity index (χ3n) is 10.8. The predicted molar refractivity (Wildman–Crippen MR) is 218 cm³/mol. The summed E-state index contributed by atoms with van der Waals surface area (Å²) in [4.78, 5) is 11.7. The molecule has 3 nitrogen and oxygen atoms in total. The van der Waals surface area contributed by atoms with E-state index in [-0.39, 0.29) is 48.9 Å². The van der Waals surface area contributed by atoms with Crippen molar-refractivity contribution >= 4 is 35.0 Å². The zero-order valence-corrected chi connectivity index (χ0v) is 36.6. The van der Waals surface area contributed by atoms with Gasteiger partial charge >= 0.3 is 0 Å². The van der Waals surface area contributed by atoms with Gasteiger partial charge < -0.3 is 9.67 Å². The van der Waals surface area contributed by atoms with Crippen molar-refractivity contribution in [3.63, 3.8) is 0 Å². The van der Waals surface area contributed by atoms with Crippen LogP contribution in [0.1, 0.15) is 105 Å². The minimum absolute atomic E-state index is 0. The summed E-state index contributed by atoms with van der Waals surface area (Å²) in [5.74, 6) is 1.18. The van der Waals surface area contributed by atoms with Crippen LogP contribution in [-0.2, 0) is 36.7 Å². The standard InChI is InChI=1S/C33H38NSi.C13H24O2.Ir/c1-21(2)19-23-13-12-16-26-27-17-18-34(7)30(32(27)35(8,9)31(23)26)28-20-29(33(4,5)6)25-15-11-10-14-24(25)22(28)3;1-5-10(6-2)12(14)9-13(15)11(7-3)8-4;/h10-18,20-21H,3,7,19H2,1-2,4-6,8-9H3;9-11,14H,5-8H2,1-4H3;/q-1;;/b;12-9-;. The number of fused-ring (bicyclic) bond motifs is 4. The van der Waals surface area contributed by atoms with Gasteiger partial charge in [0, 0.05) is 45.1 Å². The Balaban J connectivity index is 0.000000374. The molecule has 2 heterocycles. The summed E-state index contributed by atoms with van der Waals surface area (Å²) < 4.78 is 2.10. The normalized spacial score (nSPS) is 13.6. The molecule has 5 heteroatoms. The van der Waals surface area contributed by atoms with E-state index in [4.69, 9.17) is 0 Å². The molecule has 3 aromatic carbocycles. The Hall–Kier alpha value is -3.11. The van der Waals surface area contributed by atoms with Gasteiger partial charge in [0.05, 0.1) is 17.6 Å². The number of rotatable bonds is 10. The van der Waals surface area contributed by atoms with Crippen molar-refractivity contribution in [3.05, 3.63) is 103 Å². The molecule has 277 valence electrons. The molecule has 0 unspecified atom stereocenters.